The van der Waals surface area contributed by atoms with Crippen LogP contribution in [0.1, 0.15) is 46.0 Å². The summed E-state index contributed by atoms with van der Waals surface area (Å²) in [5.74, 6) is 0.364. The molecule has 0 spiro atoms. The fraction of sp³-hybridized carbons (Fsp3) is 0.214. The quantitative estimate of drug-likeness (QED) is 0.127. The van der Waals surface area contributed by atoms with E-state index in [0.29, 0.717) is 40.5 Å². The zero-order valence-corrected chi connectivity index (χ0v) is 20.7. The van der Waals surface area contributed by atoms with Gasteiger partial charge in [0.05, 0.1) is 32.0 Å². The monoisotopic (exact) mass is 503 g/mol. The molecule has 0 unspecified atom stereocenters. The van der Waals surface area contributed by atoms with E-state index in [-0.39, 0.29) is 12.5 Å². The molecule has 0 aliphatic carbocycles. The summed E-state index contributed by atoms with van der Waals surface area (Å²) in [6, 6.07) is 20.0. The molecule has 3 aromatic carbocycles. The van der Waals surface area contributed by atoms with Crippen molar-refractivity contribution in [3.8, 4) is 17.2 Å². The molecular weight excluding hydrogens is 474 g/mol. The number of unbranched alkanes of at least 4 members (excludes halogenated alkanes) is 1. The van der Waals surface area contributed by atoms with Crippen molar-refractivity contribution in [2.24, 2.45) is 5.10 Å². The number of esters is 1. The fourth-order valence-electron chi connectivity index (χ4n) is 3.03. The Bertz CT molecular complexity index is 1210. The summed E-state index contributed by atoms with van der Waals surface area (Å²) in [5.41, 5.74) is 3.84. The number of hydrogen-bond donors (Lipinski definition) is 2. The zero-order valence-electron chi connectivity index (χ0n) is 20.7. The molecule has 0 radical (unpaired) electrons. The highest BCUT2D eigenvalue weighted by Gasteiger charge is 2.10. The Morgan fingerprint density at radius 3 is 2.11 bits per heavy atom. The van der Waals surface area contributed by atoms with Crippen molar-refractivity contribution < 1.29 is 28.6 Å². The van der Waals surface area contributed by atoms with Crippen molar-refractivity contribution in [1.82, 2.24) is 10.7 Å². The Labute approximate surface area is 215 Å². The molecule has 9 nitrogen and oxygen atoms in total. The highest BCUT2D eigenvalue weighted by molar-refractivity contribution is 5.96. The smallest absolute Gasteiger partial charge is 0.343 e. The third-order valence-electron chi connectivity index (χ3n) is 5.11. The van der Waals surface area contributed by atoms with E-state index in [1.807, 2.05) is 0 Å². The topological polar surface area (TPSA) is 115 Å². The van der Waals surface area contributed by atoms with Gasteiger partial charge in [-0.15, -0.1) is 0 Å². The van der Waals surface area contributed by atoms with Crippen LogP contribution in [0, 0.1) is 0 Å². The number of hydrazone groups is 1. The van der Waals surface area contributed by atoms with Gasteiger partial charge >= 0.3 is 5.97 Å². The van der Waals surface area contributed by atoms with E-state index in [4.69, 9.17) is 14.2 Å². The fourth-order valence-corrected chi connectivity index (χ4v) is 3.03. The lowest BCUT2D eigenvalue weighted by atomic mass is 10.2. The van der Waals surface area contributed by atoms with Crippen LogP contribution in [0.15, 0.2) is 77.9 Å². The van der Waals surface area contributed by atoms with Crippen LogP contribution in [0.3, 0.4) is 0 Å². The second kappa shape index (κ2) is 14.0. The van der Waals surface area contributed by atoms with Crippen LogP contribution < -0.4 is 25.0 Å². The van der Waals surface area contributed by atoms with Gasteiger partial charge in [0.15, 0.2) is 0 Å². The van der Waals surface area contributed by atoms with Crippen LogP contribution in [-0.2, 0) is 4.79 Å². The van der Waals surface area contributed by atoms with E-state index in [9.17, 15) is 14.4 Å². The second-order valence-corrected chi connectivity index (χ2v) is 7.89. The summed E-state index contributed by atoms with van der Waals surface area (Å²) in [5, 5.41) is 6.39. The van der Waals surface area contributed by atoms with Gasteiger partial charge in [-0.3, -0.25) is 9.59 Å². The van der Waals surface area contributed by atoms with Gasteiger partial charge in [0, 0.05) is 5.56 Å². The van der Waals surface area contributed by atoms with Crippen molar-refractivity contribution in [3.05, 3.63) is 89.5 Å². The highest BCUT2D eigenvalue weighted by atomic mass is 16.5. The van der Waals surface area contributed by atoms with Crippen molar-refractivity contribution in [3.63, 3.8) is 0 Å². The molecule has 0 bridgehead atoms. The van der Waals surface area contributed by atoms with Crippen molar-refractivity contribution in [2.75, 3.05) is 20.3 Å². The van der Waals surface area contributed by atoms with Crippen molar-refractivity contribution >= 4 is 24.0 Å². The van der Waals surface area contributed by atoms with E-state index in [1.54, 1.807) is 72.8 Å². The van der Waals surface area contributed by atoms with Gasteiger partial charge in [0.1, 0.15) is 17.2 Å². The van der Waals surface area contributed by atoms with Gasteiger partial charge in [-0.1, -0.05) is 13.3 Å². The van der Waals surface area contributed by atoms with Crippen LogP contribution in [0.5, 0.6) is 17.2 Å². The summed E-state index contributed by atoms with van der Waals surface area (Å²) in [4.78, 5) is 36.4. The molecule has 3 rings (SSSR count). The van der Waals surface area contributed by atoms with Crippen LogP contribution in [0.25, 0.3) is 0 Å². The van der Waals surface area contributed by atoms with Crippen molar-refractivity contribution in [1.29, 1.82) is 0 Å². The molecule has 0 aromatic heterocycles. The van der Waals surface area contributed by atoms with Crippen LogP contribution in [0.4, 0.5) is 0 Å². The number of nitrogens with zero attached hydrogens (tertiary/aromatic N) is 1. The number of ether oxygens (including phenoxy) is 3. The lowest BCUT2D eigenvalue weighted by molar-refractivity contribution is -0.120. The number of rotatable bonds is 12. The predicted octanol–water partition coefficient (Wildman–Crippen LogP) is 3.97. The van der Waals surface area contributed by atoms with Gasteiger partial charge < -0.3 is 19.5 Å². The first-order chi connectivity index (χ1) is 18.0. The van der Waals surface area contributed by atoms with Gasteiger partial charge in [-0.05, 0) is 84.8 Å². The van der Waals surface area contributed by atoms with E-state index in [1.165, 1.54) is 13.3 Å². The molecule has 0 atom stereocenters. The number of amides is 2. The van der Waals surface area contributed by atoms with Crippen LogP contribution in [0.2, 0.25) is 0 Å². The average molecular weight is 504 g/mol. The van der Waals surface area contributed by atoms with Gasteiger partial charge in [0.2, 0.25) is 0 Å². The SMILES string of the molecule is CCCCOc1ccc(C(=O)Oc2ccc(/C=N\NC(=O)CNC(=O)c3ccc(OC)cc3)cc2)cc1. The maximum atomic E-state index is 12.4. The number of methoxy groups -OCH3 is 1. The molecule has 2 N–H and O–H groups in total. The summed E-state index contributed by atoms with van der Waals surface area (Å²) >= 11 is 0. The van der Waals surface area contributed by atoms with Gasteiger partial charge in [0.25, 0.3) is 11.8 Å². The molecule has 192 valence electrons. The number of benzene rings is 3. The third kappa shape index (κ3) is 8.81. The highest BCUT2D eigenvalue weighted by Crippen LogP contribution is 2.17. The molecule has 0 aliphatic heterocycles. The number of nitrogens with one attached hydrogen (secondary N) is 2. The summed E-state index contributed by atoms with van der Waals surface area (Å²) in [7, 11) is 1.54. The summed E-state index contributed by atoms with van der Waals surface area (Å²) in [6.07, 6.45) is 3.46. The maximum absolute atomic E-state index is 12.4. The van der Waals surface area contributed by atoms with Crippen molar-refractivity contribution in [2.45, 2.75) is 19.8 Å². The molecule has 37 heavy (non-hydrogen) atoms. The molecule has 3 aromatic rings. The van der Waals surface area contributed by atoms with E-state index >= 15 is 0 Å². The first kappa shape index (κ1) is 26.9. The van der Waals surface area contributed by atoms with Gasteiger partial charge in [-0.2, -0.15) is 5.10 Å². The average Bonchev–Trinajstić information content (AvgIpc) is 2.93. The Balaban J connectivity index is 1.41. The molecular formula is C28H29N3O6. The van der Waals surface area contributed by atoms with E-state index in [2.05, 4.69) is 22.8 Å². The molecule has 0 saturated carbocycles. The number of carbonyl (C=O) groups excluding carboxylic acids is 3. The van der Waals surface area contributed by atoms with E-state index in [0.717, 1.165) is 12.8 Å². The second-order valence-electron chi connectivity index (χ2n) is 7.89. The molecule has 0 saturated heterocycles. The standard InChI is InChI=1S/C28H29N3O6/c1-3-4-17-36-24-15-9-22(10-16-24)28(34)37-25-11-5-20(6-12-25)18-30-31-26(32)19-29-27(33)21-7-13-23(35-2)14-8-21/h5-16,18H,3-4,17,19H2,1-2H3,(H,29,33)(H,31,32)/b30-18-. The first-order valence-electron chi connectivity index (χ1n) is 11.8. The molecule has 9 heteroatoms. The lowest BCUT2D eigenvalue weighted by Gasteiger charge is -2.07. The van der Waals surface area contributed by atoms with E-state index < -0.39 is 11.9 Å². The molecule has 0 heterocycles. The normalized spacial score (nSPS) is 10.5. The maximum Gasteiger partial charge on any atom is 0.343 e. The Hall–Kier alpha value is -4.66. The third-order valence-corrected chi connectivity index (χ3v) is 5.11. The Kier molecular flexibility index (Phi) is 10.2. The molecule has 0 fully saturated rings. The summed E-state index contributed by atoms with van der Waals surface area (Å²) < 4.78 is 16.0. The number of hydrogen-bond acceptors (Lipinski definition) is 7. The molecule has 2 amide bonds. The number of carbonyl (C=O) groups is 3. The zero-order chi connectivity index (χ0) is 26.5. The lowest BCUT2D eigenvalue weighted by Crippen LogP contribution is -2.34. The molecule has 0 aliphatic rings. The summed E-state index contributed by atoms with van der Waals surface area (Å²) in [6.45, 7) is 2.50. The largest absolute Gasteiger partial charge is 0.497 e. The minimum atomic E-state index is -0.481. The Morgan fingerprint density at radius 2 is 1.46 bits per heavy atom. The minimum absolute atomic E-state index is 0.233. The predicted molar refractivity (Wildman–Crippen MR) is 139 cm³/mol. The minimum Gasteiger partial charge on any atom is -0.497 e. The first-order valence-corrected chi connectivity index (χ1v) is 11.8. The Morgan fingerprint density at radius 1 is 0.838 bits per heavy atom. The van der Waals surface area contributed by atoms with Crippen LogP contribution in [-0.4, -0.2) is 44.3 Å². The van der Waals surface area contributed by atoms with Crippen LogP contribution >= 0.6 is 0 Å². The van der Waals surface area contributed by atoms with Gasteiger partial charge in [-0.25, -0.2) is 10.2 Å².